The maximum absolute atomic E-state index is 6.07. The Labute approximate surface area is 687 Å². The molecule has 0 N–H and O–H groups in total. The van der Waals surface area contributed by atoms with Gasteiger partial charge in [-0.1, -0.05) is 360 Å². The number of hydrogen-bond acceptors (Lipinski definition) is 5. The average Bonchev–Trinajstić information content (AvgIpc) is 1.56. The molecule has 585 valence electrons. The van der Waals surface area contributed by atoms with E-state index in [1.165, 1.54) is 61.2 Å². The van der Waals surface area contributed by atoms with Gasteiger partial charge < -0.3 is 29.9 Å². The Kier molecular flexibility index (Phi) is 21.7. The first-order valence-electron chi connectivity index (χ1n) is 40.5. The van der Waals surface area contributed by atoms with Crippen molar-refractivity contribution < 1.29 is 15.8 Å². The molecule has 0 saturated carbocycles. The molecule has 8 bridgehead atoms. The van der Waals surface area contributed by atoms with Crippen LogP contribution in [0.25, 0.3) is 112 Å². The van der Waals surface area contributed by atoms with Crippen LogP contribution in [0.1, 0.15) is 250 Å². The van der Waals surface area contributed by atoms with Gasteiger partial charge in [0.25, 0.3) is 0 Å². The van der Waals surface area contributed by atoms with Gasteiger partial charge in [-0.2, -0.15) is 0 Å². The number of rotatable bonds is 9. The van der Waals surface area contributed by atoms with Gasteiger partial charge >= 0.3 is 75.1 Å². The molecule has 0 saturated heterocycles. The van der Waals surface area contributed by atoms with Crippen LogP contribution < -0.4 is 15.0 Å². The zero-order valence-electron chi connectivity index (χ0n) is 72.6. The van der Waals surface area contributed by atoms with Crippen LogP contribution in [0, 0.1) is 20.8 Å². The van der Waals surface area contributed by atoms with Crippen LogP contribution in [0.5, 0.6) is 0 Å². The predicted octanol–water partition coefficient (Wildman–Crippen LogP) is 28.0. The van der Waals surface area contributed by atoms with Crippen LogP contribution in [0.2, 0.25) is 0 Å². The van der Waals surface area contributed by atoms with Gasteiger partial charge in [-0.3, -0.25) is 0 Å². The minimum atomic E-state index is -0.118. The molecule has 0 aliphatic carbocycles. The van der Waals surface area contributed by atoms with Crippen molar-refractivity contribution in [1.82, 2.24) is 34.9 Å². The first-order chi connectivity index (χ1) is 53.2. The quantitative estimate of drug-likeness (QED) is 0.133. The number of aromatic nitrogens is 7. The Hall–Kier alpha value is -10.2. The summed E-state index contributed by atoms with van der Waals surface area (Å²) in [5.74, 6) is 0.963. The van der Waals surface area contributed by atoms with Gasteiger partial charge in [0.1, 0.15) is 0 Å². The summed E-state index contributed by atoms with van der Waals surface area (Å²) < 4.78 is 4.02. The topological polar surface area (TPSA) is 106 Å². The standard InChI is InChI=1S/C96H104N7.C9H11N.Mn/c1-89(2,3)65-41-25-57(26-42-65)73-75(59-29-45-67(46-30-59)91(7,8)9)83-97-81(73)82-74(58-27-43-66(44-28-58)90(4,5)6)76(60-31-47-68(48-32-60)92(10,11)12)84(98-82)100-86-78(62-35-51-70(52-36-62)94(16,17)18)80(64-39-55-72(56-40-64)96(22,23)24)88(102-86)103-87-79(63-37-53-71(54-38-63)95(19,20)21)77(85(99-83)101-87)61-33-49-69(50-34-61)93(13,14)15;1-6-4-7(2)9(10)8(3)5-6;/h25-56H,1-24H3;4-5H,1-3H3;/q-3;;. The summed E-state index contributed by atoms with van der Waals surface area (Å²) in [6.07, 6.45) is 0. The third-order valence-electron chi connectivity index (χ3n) is 22.6. The number of fused-ring (bicyclic) bond motifs is 9. The molecule has 0 radical (unpaired) electrons. The fourth-order valence-electron chi connectivity index (χ4n) is 15.5. The molecule has 14 rings (SSSR count). The van der Waals surface area contributed by atoms with E-state index in [0.717, 1.165) is 94.7 Å². The summed E-state index contributed by atoms with van der Waals surface area (Å²) in [6.45, 7) is 60.7. The predicted molar refractivity (Wildman–Crippen MR) is 479 cm³/mol. The van der Waals surface area contributed by atoms with Crippen molar-refractivity contribution in [3.8, 4) is 66.8 Å². The van der Waals surface area contributed by atoms with Gasteiger partial charge in [0, 0.05) is 22.4 Å². The summed E-state index contributed by atoms with van der Waals surface area (Å²) in [7, 11) is 0. The molecule has 5 heterocycles. The van der Waals surface area contributed by atoms with Crippen LogP contribution in [0.15, 0.2) is 210 Å². The van der Waals surface area contributed by atoms with E-state index in [1.807, 2.05) is 0 Å². The molecule has 4 aromatic heterocycles. The Morgan fingerprint density at radius 3 is 0.658 bits per heavy atom. The summed E-state index contributed by atoms with van der Waals surface area (Å²) in [5, 5.41) is 0. The van der Waals surface area contributed by atoms with E-state index in [9.17, 15) is 0 Å². The number of benzene rings is 9. The molecule has 1 aliphatic heterocycles. The Balaban J connectivity index is 0.000000951. The SMILES string of the molecule is CC(C)(C)c1ccc(C2=C(c3ccc(C(C)(C)C)cc3)c3nc2nc2[n-]c(nc4[n-]c(c(-c5ccc(C(C)(C)C)cc5)c4-c4ccc(C(C)(C)C)cc4)c4[n-]c(n3)c(-c3ccc(C(C)(C)C)cc3)c4-c3ccc(C(C)(C)C)cc3)c(-c3ccc(C(C)(C)C)cc3)c2-c2ccc(C(C)(C)C)cc2)cc1.Cc1cc(C)c([N]=[Mn])c(C)c1. The van der Waals surface area contributed by atoms with E-state index in [0.29, 0.717) is 45.3 Å². The van der Waals surface area contributed by atoms with E-state index in [2.05, 4.69) is 413 Å². The molecule has 1 aliphatic rings. The molecule has 0 amide bonds. The molecule has 13 aromatic rings. The fourth-order valence-corrected chi connectivity index (χ4v) is 15.9. The molecule has 8 nitrogen and oxygen atoms in total. The summed E-state index contributed by atoms with van der Waals surface area (Å²) in [5.41, 5.74) is 31.5. The van der Waals surface area contributed by atoms with Crippen molar-refractivity contribution >= 4 is 50.5 Å². The van der Waals surface area contributed by atoms with E-state index in [4.69, 9.17) is 34.9 Å². The maximum atomic E-state index is 6.07. The monoisotopic (exact) mass is 1540 g/mol. The molecule has 9 heteroatoms. The zero-order valence-corrected chi connectivity index (χ0v) is 73.8. The molecule has 0 fully saturated rings. The van der Waals surface area contributed by atoms with Gasteiger partial charge in [-0.15, -0.1) is 0 Å². The fraction of sp³-hybridized carbons (Fsp3) is 0.333. The van der Waals surface area contributed by atoms with Crippen molar-refractivity contribution in [1.29, 1.82) is 0 Å². The number of hydrogen-bond donors (Lipinski definition) is 0. The van der Waals surface area contributed by atoms with E-state index >= 15 is 0 Å². The van der Waals surface area contributed by atoms with Crippen LogP contribution in [0.4, 0.5) is 5.69 Å². The van der Waals surface area contributed by atoms with Crippen LogP contribution in [-0.2, 0) is 59.1 Å². The molecule has 9 aromatic carbocycles. The molecular formula is C105H115MnN8-3. The van der Waals surface area contributed by atoms with Gasteiger partial charge in [0.05, 0.1) is 11.6 Å². The molecule has 114 heavy (non-hydrogen) atoms. The second kappa shape index (κ2) is 30.2. The summed E-state index contributed by atoms with van der Waals surface area (Å²) >= 11 is 3.11. The molecule has 0 unspecified atom stereocenters. The molecule has 0 spiro atoms. The van der Waals surface area contributed by atoms with Crippen molar-refractivity contribution in [2.75, 3.05) is 0 Å². The Bertz CT molecular complexity index is 5900. The third kappa shape index (κ3) is 16.9. The van der Waals surface area contributed by atoms with E-state index in [1.54, 1.807) is 0 Å². The molecule has 0 atom stereocenters. The Morgan fingerprint density at radius 2 is 0.430 bits per heavy atom. The van der Waals surface area contributed by atoms with E-state index in [-0.39, 0.29) is 43.3 Å². The van der Waals surface area contributed by atoms with Crippen molar-refractivity contribution in [2.45, 2.75) is 230 Å². The summed E-state index contributed by atoms with van der Waals surface area (Å²) in [4.78, 5) is 41.9. The minimum absolute atomic E-state index is 0.110. The van der Waals surface area contributed by atoms with Crippen molar-refractivity contribution in [2.24, 2.45) is 3.96 Å². The normalized spacial score (nSPS) is 13.0. The number of nitrogens with zero attached hydrogens (tertiary/aromatic N) is 8. The third-order valence-corrected chi connectivity index (χ3v) is 22.8. The zero-order chi connectivity index (χ0) is 82.5. The van der Waals surface area contributed by atoms with Gasteiger partial charge in [0.2, 0.25) is 0 Å². The van der Waals surface area contributed by atoms with E-state index < -0.39 is 0 Å². The van der Waals surface area contributed by atoms with Crippen molar-refractivity contribution in [3.63, 3.8) is 0 Å². The van der Waals surface area contributed by atoms with Gasteiger partial charge in [0.15, 0.2) is 0 Å². The number of aryl methyl sites for hydroxylation is 3. The first kappa shape index (κ1) is 81.8. The Morgan fingerprint density at radius 1 is 0.237 bits per heavy atom. The van der Waals surface area contributed by atoms with Gasteiger partial charge in [-0.25, -0.2) is 4.98 Å². The van der Waals surface area contributed by atoms with Gasteiger partial charge in [-0.05, 0) is 188 Å². The second-order valence-corrected chi connectivity index (χ2v) is 40.1. The van der Waals surface area contributed by atoms with Crippen LogP contribution >= 0.6 is 0 Å². The average molecular weight is 1540 g/mol. The second-order valence-electron chi connectivity index (χ2n) is 39.9. The first-order valence-corrected chi connectivity index (χ1v) is 41.0. The van der Waals surface area contributed by atoms with Crippen LogP contribution in [-0.4, -0.2) is 19.9 Å². The summed E-state index contributed by atoms with van der Waals surface area (Å²) in [6, 6.07) is 76.6. The van der Waals surface area contributed by atoms with Crippen molar-refractivity contribution in [3.05, 3.63) is 290 Å². The molecular weight excluding hydrogens is 1430 g/mol. The van der Waals surface area contributed by atoms with Crippen LogP contribution in [0.3, 0.4) is 0 Å².